The van der Waals surface area contributed by atoms with Crippen LogP contribution < -0.4 is 9.64 Å². The van der Waals surface area contributed by atoms with Gasteiger partial charge in [-0.15, -0.1) is 0 Å². The zero-order valence-electron chi connectivity index (χ0n) is 21.4. The van der Waals surface area contributed by atoms with E-state index in [2.05, 4.69) is 25.1 Å². The van der Waals surface area contributed by atoms with Gasteiger partial charge in [0.25, 0.3) is 0 Å². The van der Waals surface area contributed by atoms with Crippen molar-refractivity contribution in [3.8, 4) is 17.0 Å². The van der Waals surface area contributed by atoms with Crippen LogP contribution in [-0.2, 0) is 10.0 Å². The Bertz CT molecular complexity index is 1700. The van der Waals surface area contributed by atoms with E-state index in [1.807, 2.05) is 31.2 Å². The van der Waals surface area contributed by atoms with E-state index >= 15 is 0 Å². The number of hydrogen-bond acceptors (Lipinski definition) is 7. The van der Waals surface area contributed by atoms with Gasteiger partial charge in [0.05, 0.1) is 16.8 Å². The molecule has 5 heterocycles. The minimum Gasteiger partial charge on any atom is -0.486 e. The van der Waals surface area contributed by atoms with Crippen LogP contribution in [0.25, 0.3) is 22.2 Å². The van der Waals surface area contributed by atoms with Gasteiger partial charge in [-0.3, -0.25) is 5.10 Å². The van der Waals surface area contributed by atoms with E-state index in [-0.39, 0.29) is 15.5 Å². The average molecular weight is 591 g/mol. The quantitative estimate of drug-likeness (QED) is 0.315. The van der Waals surface area contributed by atoms with E-state index in [0.29, 0.717) is 24.4 Å². The van der Waals surface area contributed by atoms with Gasteiger partial charge in [0, 0.05) is 66.1 Å². The highest BCUT2D eigenvalue weighted by Gasteiger charge is 2.54. The fourth-order valence-corrected chi connectivity index (χ4v) is 7.12. The van der Waals surface area contributed by atoms with Crippen molar-refractivity contribution in [2.45, 2.75) is 20.0 Å². The van der Waals surface area contributed by atoms with Crippen molar-refractivity contribution in [2.24, 2.45) is 5.41 Å². The van der Waals surface area contributed by atoms with E-state index in [1.165, 1.54) is 16.8 Å². The maximum absolute atomic E-state index is 14.0. The molecule has 0 aliphatic carbocycles. The molecule has 4 aromatic rings. The number of aromatic nitrogens is 4. The van der Waals surface area contributed by atoms with E-state index in [0.717, 1.165) is 46.6 Å². The maximum Gasteiger partial charge on any atom is 0.232 e. The predicted octanol–water partition coefficient (Wildman–Crippen LogP) is 5.00. The number of halogens is 3. The molecular weight excluding hydrogens is 566 g/mol. The molecule has 0 radical (unpaired) electrons. The summed E-state index contributed by atoms with van der Waals surface area (Å²) in [6, 6.07) is 7.62. The highest BCUT2D eigenvalue weighted by molar-refractivity contribution is 7.88. The molecule has 1 aromatic carbocycles. The summed E-state index contributed by atoms with van der Waals surface area (Å²) in [5.74, 6) is 0.625. The molecular formula is C26H25Cl2FN6O3S. The minimum absolute atomic E-state index is 0.0307. The van der Waals surface area contributed by atoms with Gasteiger partial charge in [-0.05, 0) is 38.1 Å². The summed E-state index contributed by atoms with van der Waals surface area (Å²) in [7, 11) is -3.13. The topological polar surface area (TPSA) is 104 Å². The van der Waals surface area contributed by atoms with Crippen LogP contribution in [0, 0.1) is 18.3 Å². The van der Waals surface area contributed by atoms with Crippen molar-refractivity contribution in [3.63, 3.8) is 0 Å². The fourth-order valence-electron chi connectivity index (χ4n) is 5.45. The Morgan fingerprint density at radius 2 is 1.85 bits per heavy atom. The summed E-state index contributed by atoms with van der Waals surface area (Å²) in [5, 5.41) is 8.54. The van der Waals surface area contributed by atoms with Crippen LogP contribution in [0.5, 0.6) is 5.75 Å². The molecule has 2 fully saturated rings. The second kappa shape index (κ2) is 9.29. The Hall–Kier alpha value is -2.99. The lowest BCUT2D eigenvalue weighted by Gasteiger charge is -2.59. The number of anilines is 1. The smallest absolute Gasteiger partial charge is 0.232 e. The van der Waals surface area contributed by atoms with Crippen LogP contribution >= 0.6 is 23.2 Å². The molecule has 0 saturated carbocycles. The number of aryl methyl sites for hydroxylation is 1. The molecule has 2 aliphatic rings. The van der Waals surface area contributed by atoms with Crippen molar-refractivity contribution in [2.75, 3.05) is 37.3 Å². The molecule has 1 N–H and O–H groups in total. The van der Waals surface area contributed by atoms with Crippen LogP contribution in [0.2, 0.25) is 10.0 Å². The summed E-state index contributed by atoms with van der Waals surface area (Å²) < 4.78 is 45.1. The van der Waals surface area contributed by atoms with Gasteiger partial charge in [0.1, 0.15) is 28.4 Å². The number of aromatic amines is 1. The molecule has 9 nitrogen and oxygen atoms in total. The van der Waals surface area contributed by atoms with Crippen molar-refractivity contribution in [1.29, 1.82) is 0 Å². The first-order valence-electron chi connectivity index (χ1n) is 12.3. The van der Waals surface area contributed by atoms with Crippen LogP contribution in [0.4, 0.5) is 10.2 Å². The van der Waals surface area contributed by atoms with Gasteiger partial charge < -0.3 is 9.64 Å². The number of pyridine rings is 2. The van der Waals surface area contributed by atoms with Gasteiger partial charge in [-0.2, -0.15) is 9.49 Å². The lowest BCUT2D eigenvalue weighted by Crippen LogP contribution is -2.73. The zero-order valence-corrected chi connectivity index (χ0v) is 23.7. The molecule has 6 rings (SSSR count). The molecule has 0 bridgehead atoms. The molecule has 0 unspecified atom stereocenters. The van der Waals surface area contributed by atoms with Crippen LogP contribution in [-0.4, -0.2) is 65.3 Å². The van der Waals surface area contributed by atoms with Crippen LogP contribution in [0.3, 0.4) is 0 Å². The maximum atomic E-state index is 14.0. The molecule has 204 valence electrons. The van der Waals surface area contributed by atoms with E-state index in [4.69, 9.17) is 27.9 Å². The Morgan fingerprint density at radius 3 is 2.51 bits per heavy atom. The third-order valence-electron chi connectivity index (χ3n) is 7.51. The third-order valence-corrected chi connectivity index (χ3v) is 9.36. The number of nitrogens with zero attached hydrogens (tertiary/aromatic N) is 5. The molecule has 13 heteroatoms. The number of H-pyrrole nitrogens is 1. The number of nitrogens with one attached hydrogen (secondary N) is 1. The lowest BCUT2D eigenvalue weighted by molar-refractivity contribution is 0.0395. The molecule has 39 heavy (non-hydrogen) atoms. The van der Waals surface area contributed by atoms with E-state index in [1.54, 1.807) is 13.1 Å². The van der Waals surface area contributed by atoms with Crippen LogP contribution in [0.15, 0.2) is 36.7 Å². The molecule has 2 saturated heterocycles. The Morgan fingerprint density at radius 1 is 1.10 bits per heavy atom. The van der Waals surface area contributed by atoms with Crippen molar-refractivity contribution < 1.29 is 17.5 Å². The molecule has 2 aliphatic heterocycles. The number of fused-ring (bicyclic) bond motifs is 1. The number of sulfonamides is 1. The van der Waals surface area contributed by atoms with Crippen LogP contribution in [0.1, 0.15) is 24.2 Å². The minimum atomic E-state index is -3.13. The average Bonchev–Trinajstić information content (AvgIpc) is 3.26. The second-order valence-corrected chi connectivity index (χ2v) is 13.1. The summed E-state index contributed by atoms with van der Waals surface area (Å²) >= 11 is 12.4. The number of hydrogen-bond donors (Lipinski definition) is 1. The highest BCUT2D eigenvalue weighted by Crippen LogP contribution is 2.43. The Labute approximate surface area is 235 Å². The fraction of sp³-hybridized carbons (Fsp3) is 0.346. The van der Waals surface area contributed by atoms with Gasteiger partial charge in [0.15, 0.2) is 0 Å². The van der Waals surface area contributed by atoms with Crippen molar-refractivity contribution in [3.05, 3.63) is 63.8 Å². The monoisotopic (exact) mass is 590 g/mol. The summed E-state index contributed by atoms with van der Waals surface area (Å²) in [5.41, 5.74) is 3.61. The van der Waals surface area contributed by atoms with Crippen molar-refractivity contribution in [1.82, 2.24) is 24.5 Å². The van der Waals surface area contributed by atoms with Gasteiger partial charge in [-0.25, -0.2) is 22.7 Å². The first-order chi connectivity index (χ1) is 18.5. The van der Waals surface area contributed by atoms with E-state index < -0.39 is 22.1 Å². The molecule has 3 aromatic heterocycles. The lowest BCUT2D eigenvalue weighted by atomic mass is 9.74. The van der Waals surface area contributed by atoms with E-state index in [9.17, 15) is 12.8 Å². The van der Waals surface area contributed by atoms with Gasteiger partial charge >= 0.3 is 0 Å². The predicted molar refractivity (Wildman–Crippen MR) is 148 cm³/mol. The van der Waals surface area contributed by atoms with Crippen molar-refractivity contribution >= 4 is 49.9 Å². The van der Waals surface area contributed by atoms with Gasteiger partial charge in [-0.1, -0.05) is 23.2 Å². The molecule has 1 atom stereocenters. The Kier molecular flexibility index (Phi) is 6.25. The third kappa shape index (κ3) is 4.51. The standard InChI is InChI=1S/C26H25Cl2FN6O3S/c1-14-19(38-15(2)22-17(27)9-31-25(29)23(22)28)6-5-18-21(14)24(33-32-18)16-4-7-20(30-8-16)34-10-26(11-34)12-35(13-26)39(3,36)37/h4-9,15H,10-13H2,1-3H3,(H,32,33)/t15-/m1/s1. The largest absolute Gasteiger partial charge is 0.486 e. The highest BCUT2D eigenvalue weighted by atomic mass is 35.5. The molecule has 0 amide bonds. The first kappa shape index (κ1) is 26.2. The first-order valence-corrected chi connectivity index (χ1v) is 14.9. The summed E-state index contributed by atoms with van der Waals surface area (Å²) in [6.45, 7) is 6.37. The zero-order chi connectivity index (χ0) is 27.7. The number of benzene rings is 1. The normalized spacial score (nSPS) is 17.7. The summed E-state index contributed by atoms with van der Waals surface area (Å²) in [4.78, 5) is 10.4. The summed E-state index contributed by atoms with van der Waals surface area (Å²) in [6.07, 6.45) is 3.62. The number of rotatable bonds is 6. The molecule has 1 spiro atoms. The second-order valence-electron chi connectivity index (χ2n) is 10.4. The Balaban J connectivity index is 1.21. The van der Waals surface area contributed by atoms with Gasteiger partial charge in [0.2, 0.25) is 16.0 Å². The number of ether oxygens (including phenoxy) is 1. The SMILES string of the molecule is Cc1c(O[C@H](C)c2c(Cl)cnc(F)c2Cl)ccc2[nH]nc(-c3ccc(N4CC5(C4)CN(S(C)(=O)=O)C5)nc3)c12.